The van der Waals surface area contributed by atoms with Crippen LogP contribution in [0, 0.1) is 10.8 Å². The van der Waals surface area contributed by atoms with Crippen molar-refractivity contribution in [2.45, 2.75) is 52.1 Å². The SMILES string of the molecule is C[C@@H]1CCC[C@H](CN2C[C@]3(C)CSC[C@]3(C)C2)N1. The lowest BCUT2D eigenvalue weighted by Gasteiger charge is -2.32. The van der Waals surface area contributed by atoms with E-state index in [1.54, 1.807) is 0 Å². The summed E-state index contributed by atoms with van der Waals surface area (Å²) in [5.74, 6) is 2.74. The van der Waals surface area contributed by atoms with Crippen molar-refractivity contribution in [1.82, 2.24) is 10.2 Å². The zero-order valence-electron chi connectivity index (χ0n) is 12.2. The van der Waals surface area contributed by atoms with Crippen molar-refractivity contribution in [2.24, 2.45) is 10.8 Å². The number of thioether (sulfide) groups is 1. The van der Waals surface area contributed by atoms with Crippen LogP contribution in [0.3, 0.4) is 0 Å². The standard InChI is InChI=1S/C15H28N2S/c1-12-5-4-6-13(16-12)7-17-8-14(2)10-18-11-15(14,3)9-17/h12-13,16H,4-11H2,1-3H3/t12-,13-,14-,15+/m1/s1. The van der Waals surface area contributed by atoms with Gasteiger partial charge < -0.3 is 10.2 Å². The molecule has 3 fully saturated rings. The molecule has 0 aromatic heterocycles. The predicted octanol–water partition coefficient (Wildman–Crippen LogP) is 2.59. The van der Waals surface area contributed by atoms with Gasteiger partial charge >= 0.3 is 0 Å². The Balaban J connectivity index is 1.59. The van der Waals surface area contributed by atoms with E-state index < -0.39 is 0 Å². The molecule has 104 valence electrons. The van der Waals surface area contributed by atoms with Crippen LogP contribution in [0.5, 0.6) is 0 Å². The number of nitrogens with one attached hydrogen (secondary N) is 1. The van der Waals surface area contributed by atoms with E-state index in [4.69, 9.17) is 0 Å². The van der Waals surface area contributed by atoms with Gasteiger partial charge in [-0.1, -0.05) is 20.3 Å². The summed E-state index contributed by atoms with van der Waals surface area (Å²) in [4.78, 5) is 2.75. The van der Waals surface area contributed by atoms with E-state index in [-0.39, 0.29) is 0 Å². The van der Waals surface area contributed by atoms with Crippen molar-refractivity contribution < 1.29 is 0 Å². The molecule has 0 radical (unpaired) electrons. The Morgan fingerprint density at radius 2 is 1.83 bits per heavy atom. The van der Waals surface area contributed by atoms with Gasteiger partial charge in [-0.05, 0) is 30.6 Å². The van der Waals surface area contributed by atoms with Gasteiger partial charge in [0, 0.05) is 43.2 Å². The number of fused-ring (bicyclic) bond motifs is 1. The third kappa shape index (κ3) is 2.23. The number of likely N-dealkylation sites (tertiary alicyclic amines) is 1. The maximum atomic E-state index is 3.79. The Hall–Kier alpha value is 0.270. The number of hydrogen-bond acceptors (Lipinski definition) is 3. The van der Waals surface area contributed by atoms with Gasteiger partial charge in [-0.2, -0.15) is 11.8 Å². The molecule has 18 heavy (non-hydrogen) atoms. The molecule has 0 aliphatic carbocycles. The van der Waals surface area contributed by atoms with Crippen molar-refractivity contribution in [3.63, 3.8) is 0 Å². The first kappa shape index (κ1) is 13.3. The predicted molar refractivity (Wildman–Crippen MR) is 80.2 cm³/mol. The van der Waals surface area contributed by atoms with Crippen molar-refractivity contribution >= 4 is 11.8 Å². The molecule has 0 aromatic rings. The Morgan fingerprint density at radius 3 is 2.44 bits per heavy atom. The van der Waals surface area contributed by atoms with Crippen molar-refractivity contribution in [3.05, 3.63) is 0 Å². The van der Waals surface area contributed by atoms with Crippen LogP contribution in [0.25, 0.3) is 0 Å². The maximum Gasteiger partial charge on any atom is 0.0197 e. The van der Waals surface area contributed by atoms with Crippen LogP contribution in [0.15, 0.2) is 0 Å². The van der Waals surface area contributed by atoms with E-state index in [0.29, 0.717) is 10.8 Å². The lowest BCUT2D eigenvalue weighted by molar-refractivity contribution is 0.212. The Kier molecular flexibility index (Phi) is 3.44. The molecule has 1 N–H and O–H groups in total. The molecule has 3 heteroatoms. The minimum absolute atomic E-state index is 0.567. The van der Waals surface area contributed by atoms with Gasteiger partial charge in [-0.3, -0.25) is 0 Å². The highest BCUT2D eigenvalue weighted by molar-refractivity contribution is 7.99. The van der Waals surface area contributed by atoms with Gasteiger partial charge in [0.25, 0.3) is 0 Å². The van der Waals surface area contributed by atoms with Gasteiger partial charge in [0.2, 0.25) is 0 Å². The molecular weight excluding hydrogens is 240 g/mol. The van der Waals surface area contributed by atoms with Gasteiger partial charge in [-0.25, -0.2) is 0 Å². The Morgan fingerprint density at radius 1 is 1.17 bits per heavy atom. The van der Waals surface area contributed by atoms with Gasteiger partial charge in [0.05, 0.1) is 0 Å². The average molecular weight is 268 g/mol. The fourth-order valence-corrected chi connectivity index (χ4v) is 6.07. The fraction of sp³-hybridized carbons (Fsp3) is 1.00. The summed E-state index contributed by atoms with van der Waals surface area (Å²) in [7, 11) is 0. The summed E-state index contributed by atoms with van der Waals surface area (Å²) in [5, 5.41) is 3.79. The summed E-state index contributed by atoms with van der Waals surface area (Å²) in [5.41, 5.74) is 1.13. The summed E-state index contributed by atoms with van der Waals surface area (Å²) < 4.78 is 0. The first-order chi connectivity index (χ1) is 8.51. The quantitative estimate of drug-likeness (QED) is 0.829. The van der Waals surface area contributed by atoms with E-state index in [9.17, 15) is 0 Å². The van der Waals surface area contributed by atoms with Crippen LogP contribution in [-0.2, 0) is 0 Å². The second kappa shape index (κ2) is 4.68. The largest absolute Gasteiger partial charge is 0.310 e. The van der Waals surface area contributed by atoms with E-state index in [0.717, 1.165) is 12.1 Å². The van der Waals surface area contributed by atoms with Gasteiger partial charge in [0.1, 0.15) is 0 Å². The second-order valence-corrected chi connectivity index (χ2v) is 8.46. The van der Waals surface area contributed by atoms with Crippen LogP contribution >= 0.6 is 11.8 Å². The molecule has 0 saturated carbocycles. The minimum atomic E-state index is 0.567. The molecule has 4 atom stereocenters. The highest BCUT2D eigenvalue weighted by atomic mass is 32.2. The number of nitrogens with zero attached hydrogens (tertiary/aromatic N) is 1. The second-order valence-electron chi connectivity index (χ2n) is 7.48. The van der Waals surface area contributed by atoms with Crippen LogP contribution in [0.1, 0.15) is 40.0 Å². The van der Waals surface area contributed by atoms with Crippen molar-refractivity contribution in [3.8, 4) is 0 Å². The first-order valence-corrected chi connectivity index (χ1v) is 8.72. The molecule has 3 saturated heterocycles. The van der Waals surface area contributed by atoms with Crippen molar-refractivity contribution in [2.75, 3.05) is 31.1 Å². The van der Waals surface area contributed by atoms with Crippen LogP contribution in [0.4, 0.5) is 0 Å². The lowest BCUT2D eigenvalue weighted by Crippen LogP contribution is -2.47. The van der Waals surface area contributed by atoms with E-state index in [1.807, 2.05) is 0 Å². The summed E-state index contributed by atoms with van der Waals surface area (Å²) in [6.07, 6.45) is 4.16. The molecule has 0 bridgehead atoms. The van der Waals surface area contributed by atoms with E-state index in [2.05, 4.69) is 42.7 Å². The summed E-state index contributed by atoms with van der Waals surface area (Å²) in [6.45, 7) is 11.3. The summed E-state index contributed by atoms with van der Waals surface area (Å²) >= 11 is 2.17. The molecule has 3 heterocycles. The third-order valence-corrected chi connectivity index (χ3v) is 7.31. The monoisotopic (exact) mass is 268 g/mol. The molecule has 3 aliphatic rings. The highest BCUT2D eigenvalue weighted by Crippen LogP contribution is 2.54. The van der Waals surface area contributed by atoms with Crippen LogP contribution < -0.4 is 5.32 Å². The zero-order chi connectivity index (χ0) is 12.8. The van der Waals surface area contributed by atoms with E-state index >= 15 is 0 Å². The molecule has 0 unspecified atom stereocenters. The minimum Gasteiger partial charge on any atom is -0.310 e. The van der Waals surface area contributed by atoms with Crippen LogP contribution in [-0.4, -0.2) is 48.1 Å². The maximum absolute atomic E-state index is 3.79. The van der Waals surface area contributed by atoms with Crippen LogP contribution in [0.2, 0.25) is 0 Å². The topological polar surface area (TPSA) is 15.3 Å². The first-order valence-electron chi connectivity index (χ1n) is 7.57. The zero-order valence-corrected chi connectivity index (χ0v) is 13.0. The Bertz CT molecular complexity index is 304. The molecule has 0 spiro atoms. The Labute approximate surface area is 116 Å². The number of rotatable bonds is 2. The molecule has 0 aromatic carbocycles. The fourth-order valence-electron chi connectivity index (χ4n) is 4.19. The molecule has 0 amide bonds. The molecule has 3 aliphatic heterocycles. The third-order valence-electron chi connectivity index (χ3n) is 5.63. The van der Waals surface area contributed by atoms with Gasteiger partial charge in [0.15, 0.2) is 0 Å². The van der Waals surface area contributed by atoms with Gasteiger partial charge in [-0.15, -0.1) is 0 Å². The molecule has 3 rings (SSSR count). The lowest BCUT2D eigenvalue weighted by atomic mass is 9.71. The number of piperidine rings is 1. The average Bonchev–Trinajstić information content (AvgIpc) is 2.65. The highest BCUT2D eigenvalue weighted by Gasteiger charge is 2.55. The molecule has 2 nitrogen and oxygen atoms in total. The normalized spacial score (nSPS) is 49.5. The van der Waals surface area contributed by atoms with E-state index in [1.165, 1.54) is 50.4 Å². The smallest absolute Gasteiger partial charge is 0.0197 e. The summed E-state index contributed by atoms with van der Waals surface area (Å²) in [6, 6.07) is 1.47. The molecular formula is C15H28N2S. The number of hydrogen-bond donors (Lipinski definition) is 1. The van der Waals surface area contributed by atoms with Crippen molar-refractivity contribution in [1.29, 1.82) is 0 Å².